The van der Waals surface area contributed by atoms with Crippen LogP contribution in [0.4, 0.5) is 5.82 Å². The Morgan fingerprint density at radius 1 is 0.933 bits per heavy atom. The van der Waals surface area contributed by atoms with E-state index in [1.165, 1.54) is 5.56 Å². The van der Waals surface area contributed by atoms with Crippen LogP contribution in [-0.2, 0) is 11.2 Å². The molecule has 0 spiro atoms. The van der Waals surface area contributed by atoms with Gasteiger partial charge >= 0.3 is 0 Å². The Kier molecular flexibility index (Phi) is 5.13. The van der Waals surface area contributed by atoms with Crippen molar-refractivity contribution in [1.82, 2.24) is 19.9 Å². The lowest BCUT2D eigenvalue weighted by molar-refractivity contribution is -0.132. The van der Waals surface area contributed by atoms with Crippen molar-refractivity contribution in [1.29, 1.82) is 0 Å². The van der Waals surface area contributed by atoms with Gasteiger partial charge < -0.3 is 9.80 Å². The molecule has 152 valence electrons. The Hall–Kier alpha value is -3.28. The topological polar surface area (TPSA) is 62.2 Å². The summed E-state index contributed by atoms with van der Waals surface area (Å²) in [6, 6.07) is 14.5. The van der Waals surface area contributed by atoms with Crippen LogP contribution in [0.5, 0.6) is 0 Å². The highest BCUT2D eigenvalue weighted by Gasteiger charge is 2.49. The van der Waals surface area contributed by atoms with Gasteiger partial charge in [0, 0.05) is 62.7 Å². The fourth-order valence-corrected chi connectivity index (χ4v) is 4.96. The SMILES string of the molecule is O=C(CCc1cccnc1)N1C[C@@H]2CN(c3cnccn3)C[C@@H]2[C@H]1c1ccccc1. The van der Waals surface area contributed by atoms with E-state index in [-0.39, 0.29) is 11.9 Å². The second kappa shape index (κ2) is 8.22. The van der Waals surface area contributed by atoms with E-state index in [0.29, 0.717) is 18.3 Å². The van der Waals surface area contributed by atoms with Gasteiger partial charge in [0.15, 0.2) is 0 Å². The maximum Gasteiger partial charge on any atom is 0.223 e. The van der Waals surface area contributed by atoms with E-state index < -0.39 is 0 Å². The van der Waals surface area contributed by atoms with E-state index in [0.717, 1.165) is 37.4 Å². The molecule has 30 heavy (non-hydrogen) atoms. The molecule has 0 bridgehead atoms. The minimum absolute atomic E-state index is 0.110. The van der Waals surface area contributed by atoms with Crippen LogP contribution in [0.1, 0.15) is 23.6 Å². The van der Waals surface area contributed by atoms with Crippen molar-refractivity contribution in [2.75, 3.05) is 24.5 Å². The second-order valence-electron chi connectivity index (χ2n) is 8.16. The van der Waals surface area contributed by atoms with Crippen LogP contribution < -0.4 is 4.90 Å². The van der Waals surface area contributed by atoms with Gasteiger partial charge in [-0.3, -0.25) is 14.8 Å². The number of fused-ring (bicyclic) bond motifs is 1. The summed E-state index contributed by atoms with van der Waals surface area (Å²) >= 11 is 0. The number of nitrogens with zero attached hydrogens (tertiary/aromatic N) is 5. The fraction of sp³-hybridized carbons (Fsp3) is 0.333. The number of carbonyl (C=O) groups is 1. The van der Waals surface area contributed by atoms with E-state index >= 15 is 0 Å². The van der Waals surface area contributed by atoms with Gasteiger partial charge in [-0.1, -0.05) is 36.4 Å². The standard InChI is InChI=1S/C24H25N5O/c30-23(9-8-18-5-4-10-25-13-18)29-16-20-15-28(22-14-26-11-12-27-22)17-21(20)24(29)19-6-2-1-3-7-19/h1-7,10-14,20-21,24H,8-9,15-17H2/t20-,21-,24+/m0/s1. The zero-order valence-corrected chi connectivity index (χ0v) is 16.8. The first-order valence-corrected chi connectivity index (χ1v) is 10.5. The van der Waals surface area contributed by atoms with E-state index in [2.05, 4.69) is 49.0 Å². The number of hydrogen-bond acceptors (Lipinski definition) is 5. The molecule has 2 saturated heterocycles. The highest BCUT2D eigenvalue weighted by molar-refractivity contribution is 5.77. The molecule has 2 aliphatic rings. The van der Waals surface area contributed by atoms with Gasteiger partial charge in [0.1, 0.15) is 5.82 Å². The van der Waals surface area contributed by atoms with Gasteiger partial charge in [0.25, 0.3) is 0 Å². The van der Waals surface area contributed by atoms with Crippen molar-refractivity contribution in [3.63, 3.8) is 0 Å². The number of carbonyl (C=O) groups excluding carboxylic acids is 1. The zero-order valence-electron chi connectivity index (χ0n) is 16.8. The summed E-state index contributed by atoms with van der Waals surface area (Å²) < 4.78 is 0. The molecule has 6 nitrogen and oxygen atoms in total. The van der Waals surface area contributed by atoms with Crippen molar-refractivity contribution < 1.29 is 4.79 Å². The van der Waals surface area contributed by atoms with E-state index in [1.54, 1.807) is 18.6 Å². The smallest absolute Gasteiger partial charge is 0.223 e. The molecule has 2 aromatic heterocycles. The van der Waals surface area contributed by atoms with E-state index in [9.17, 15) is 4.79 Å². The monoisotopic (exact) mass is 399 g/mol. The van der Waals surface area contributed by atoms with Crippen LogP contribution in [0.2, 0.25) is 0 Å². The lowest BCUT2D eigenvalue weighted by Gasteiger charge is -2.30. The second-order valence-corrected chi connectivity index (χ2v) is 8.16. The van der Waals surface area contributed by atoms with Crippen molar-refractivity contribution >= 4 is 11.7 Å². The molecule has 4 heterocycles. The summed E-state index contributed by atoms with van der Waals surface area (Å²) in [4.78, 5) is 30.6. The van der Waals surface area contributed by atoms with Gasteiger partial charge in [-0.25, -0.2) is 4.98 Å². The molecule has 0 aliphatic carbocycles. The largest absolute Gasteiger partial charge is 0.355 e. The van der Waals surface area contributed by atoms with E-state index in [4.69, 9.17) is 0 Å². The molecule has 0 radical (unpaired) electrons. The molecule has 0 saturated carbocycles. The van der Waals surface area contributed by atoms with Crippen molar-refractivity contribution in [2.45, 2.75) is 18.9 Å². The predicted octanol–water partition coefficient (Wildman–Crippen LogP) is 3.14. The average molecular weight is 399 g/mol. The number of anilines is 1. The molecular weight excluding hydrogens is 374 g/mol. The Bertz CT molecular complexity index is 982. The number of hydrogen-bond donors (Lipinski definition) is 0. The molecule has 3 atom stereocenters. The normalized spacial score (nSPS) is 22.9. The number of likely N-dealkylation sites (tertiary alicyclic amines) is 1. The molecule has 6 heteroatoms. The average Bonchev–Trinajstić information content (AvgIpc) is 3.38. The molecule has 1 amide bonds. The number of rotatable bonds is 5. The van der Waals surface area contributed by atoms with Gasteiger partial charge in [-0.15, -0.1) is 0 Å². The Labute approximate surface area is 176 Å². The van der Waals surface area contributed by atoms with Gasteiger partial charge in [-0.05, 0) is 23.6 Å². The highest BCUT2D eigenvalue weighted by atomic mass is 16.2. The van der Waals surface area contributed by atoms with Gasteiger partial charge in [-0.2, -0.15) is 0 Å². The van der Waals surface area contributed by atoms with Crippen molar-refractivity contribution in [3.05, 3.63) is 84.6 Å². The van der Waals surface area contributed by atoms with Crippen LogP contribution >= 0.6 is 0 Å². The summed E-state index contributed by atoms with van der Waals surface area (Å²) in [6.07, 6.45) is 10.1. The first-order chi connectivity index (χ1) is 14.8. The maximum absolute atomic E-state index is 13.3. The van der Waals surface area contributed by atoms with E-state index in [1.807, 2.05) is 30.6 Å². The van der Waals surface area contributed by atoms with Crippen LogP contribution in [-0.4, -0.2) is 45.4 Å². The summed E-state index contributed by atoms with van der Waals surface area (Å²) in [5.74, 6) is 2.00. The van der Waals surface area contributed by atoms with Gasteiger partial charge in [0.05, 0.1) is 12.2 Å². The molecule has 1 aromatic carbocycles. The van der Waals surface area contributed by atoms with Crippen LogP contribution in [0, 0.1) is 11.8 Å². The lowest BCUT2D eigenvalue weighted by atomic mass is 9.89. The number of pyridine rings is 1. The number of benzene rings is 1. The molecule has 0 unspecified atom stereocenters. The van der Waals surface area contributed by atoms with Crippen molar-refractivity contribution in [3.8, 4) is 0 Å². The first kappa shape index (κ1) is 18.7. The minimum atomic E-state index is 0.110. The first-order valence-electron chi connectivity index (χ1n) is 10.5. The molecule has 0 N–H and O–H groups in total. The van der Waals surface area contributed by atoms with Crippen LogP contribution in [0.3, 0.4) is 0 Å². The molecule has 2 fully saturated rings. The third kappa shape index (κ3) is 3.65. The molecule has 3 aromatic rings. The quantitative estimate of drug-likeness (QED) is 0.660. The molecule has 2 aliphatic heterocycles. The summed E-state index contributed by atoms with van der Waals surface area (Å²) in [6.45, 7) is 2.61. The Morgan fingerprint density at radius 3 is 2.57 bits per heavy atom. The summed E-state index contributed by atoms with van der Waals surface area (Å²) in [7, 11) is 0. The lowest BCUT2D eigenvalue weighted by Crippen LogP contribution is -2.36. The molecule has 5 rings (SSSR count). The van der Waals surface area contributed by atoms with Crippen LogP contribution in [0.25, 0.3) is 0 Å². The Morgan fingerprint density at radius 2 is 1.80 bits per heavy atom. The van der Waals surface area contributed by atoms with Crippen molar-refractivity contribution in [2.24, 2.45) is 11.8 Å². The third-order valence-electron chi connectivity index (χ3n) is 6.35. The predicted molar refractivity (Wildman–Crippen MR) is 115 cm³/mol. The Balaban J connectivity index is 1.36. The fourth-order valence-electron chi connectivity index (χ4n) is 4.96. The molecular formula is C24H25N5O. The highest BCUT2D eigenvalue weighted by Crippen LogP contribution is 2.45. The summed E-state index contributed by atoms with van der Waals surface area (Å²) in [5, 5.41) is 0. The third-order valence-corrected chi connectivity index (χ3v) is 6.35. The number of aryl methyl sites for hydroxylation is 1. The van der Waals surface area contributed by atoms with Gasteiger partial charge in [0.2, 0.25) is 5.91 Å². The minimum Gasteiger partial charge on any atom is -0.355 e. The number of amides is 1. The van der Waals surface area contributed by atoms with Crippen LogP contribution in [0.15, 0.2) is 73.4 Å². The maximum atomic E-state index is 13.3. The number of aromatic nitrogens is 3. The summed E-state index contributed by atoms with van der Waals surface area (Å²) in [5.41, 5.74) is 2.33. The zero-order chi connectivity index (χ0) is 20.3.